The number of methoxy groups -OCH3 is 1. The van der Waals surface area contributed by atoms with Gasteiger partial charge >= 0.3 is 0 Å². The minimum atomic E-state index is -0.373. The third kappa shape index (κ3) is 4.54. The van der Waals surface area contributed by atoms with Crippen molar-refractivity contribution in [1.82, 2.24) is 20.2 Å². The number of aromatic nitrogens is 4. The van der Waals surface area contributed by atoms with Crippen molar-refractivity contribution < 1.29 is 14.6 Å². The van der Waals surface area contributed by atoms with Gasteiger partial charge in [0.25, 0.3) is 5.69 Å². The molecule has 0 radical (unpaired) electrons. The number of benzene rings is 2. The minimum Gasteiger partial charge on any atom is -0.497 e. The Morgan fingerprint density at radius 1 is 1.10 bits per heavy atom. The molecule has 0 unspecified atom stereocenters. The number of anilines is 1. The summed E-state index contributed by atoms with van der Waals surface area (Å²) in [4.78, 5) is 14.1. The number of nitro groups is 1. The average molecular weight is 410 g/mol. The fraction of sp³-hybridized carbons (Fsp3) is 0.350. The Balaban J connectivity index is 1.33. The summed E-state index contributed by atoms with van der Waals surface area (Å²) in [7, 11) is 1.65. The zero-order valence-corrected chi connectivity index (χ0v) is 16.8. The molecule has 0 aliphatic carbocycles. The summed E-state index contributed by atoms with van der Waals surface area (Å²) in [6.45, 7) is 5.05. The number of quaternary nitrogens is 1. The Morgan fingerprint density at radius 3 is 2.43 bits per heavy atom. The largest absolute Gasteiger partial charge is 0.497 e. The van der Waals surface area contributed by atoms with E-state index in [1.165, 1.54) is 4.90 Å². The lowest BCUT2D eigenvalue weighted by Crippen LogP contribution is -3.13. The predicted octanol–water partition coefficient (Wildman–Crippen LogP) is 0.543. The van der Waals surface area contributed by atoms with Crippen LogP contribution in [0.1, 0.15) is 11.4 Å². The topological polar surface area (TPSA) is 104 Å². The quantitative estimate of drug-likeness (QED) is 0.448. The van der Waals surface area contributed by atoms with Gasteiger partial charge in [0.05, 0.1) is 44.8 Å². The fourth-order valence-electron chi connectivity index (χ4n) is 3.64. The second-order valence-electron chi connectivity index (χ2n) is 7.29. The number of rotatable bonds is 7. The first-order chi connectivity index (χ1) is 14.6. The van der Waals surface area contributed by atoms with Gasteiger partial charge in [-0.25, -0.2) is 4.68 Å². The maximum absolute atomic E-state index is 10.8. The van der Waals surface area contributed by atoms with Crippen LogP contribution in [0.25, 0.3) is 0 Å². The number of nitrogens with zero attached hydrogens (tertiary/aromatic N) is 6. The molecule has 2 aromatic carbocycles. The first kappa shape index (κ1) is 19.8. The summed E-state index contributed by atoms with van der Waals surface area (Å²) >= 11 is 0. The summed E-state index contributed by atoms with van der Waals surface area (Å²) in [5.41, 5.74) is 2.25. The SMILES string of the molecule is COc1ccc(Cn2nnnc2C[NH+]2CCN(c3ccc([N+](=O)[O-])cc3)CC2)cc1. The minimum absolute atomic E-state index is 0.117. The van der Waals surface area contributed by atoms with Crippen LogP contribution < -0.4 is 14.5 Å². The molecule has 0 spiro atoms. The van der Waals surface area contributed by atoms with E-state index >= 15 is 0 Å². The zero-order valence-electron chi connectivity index (χ0n) is 16.8. The Morgan fingerprint density at radius 2 is 1.80 bits per heavy atom. The Labute approximate surface area is 173 Å². The second-order valence-corrected chi connectivity index (χ2v) is 7.29. The molecule has 30 heavy (non-hydrogen) atoms. The van der Waals surface area contributed by atoms with Crippen LogP contribution in [-0.2, 0) is 13.1 Å². The summed E-state index contributed by atoms with van der Waals surface area (Å²) in [6, 6.07) is 14.6. The molecule has 4 rings (SSSR count). The molecular weight excluding hydrogens is 386 g/mol. The molecule has 0 saturated carbocycles. The Bertz CT molecular complexity index is 980. The first-order valence-corrected chi connectivity index (χ1v) is 9.83. The van der Waals surface area contributed by atoms with Gasteiger partial charge < -0.3 is 14.5 Å². The van der Waals surface area contributed by atoms with E-state index < -0.39 is 0 Å². The van der Waals surface area contributed by atoms with Gasteiger partial charge in [0.15, 0.2) is 0 Å². The van der Waals surface area contributed by atoms with Crippen LogP contribution in [0.2, 0.25) is 0 Å². The fourth-order valence-corrected chi connectivity index (χ4v) is 3.64. The summed E-state index contributed by atoms with van der Waals surface area (Å²) in [5, 5.41) is 23.1. The van der Waals surface area contributed by atoms with Gasteiger partial charge in [0, 0.05) is 17.8 Å². The van der Waals surface area contributed by atoms with Crippen molar-refractivity contribution in [2.75, 3.05) is 38.2 Å². The molecule has 0 atom stereocenters. The van der Waals surface area contributed by atoms with Crippen LogP contribution in [-0.4, -0.2) is 58.4 Å². The van der Waals surface area contributed by atoms with E-state index in [0.717, 1.165) is 55.5 Å². The van der Waals surface area contributed by atoms with E-state index in [4.69, 9.17) is 4.74 Å². The standard InChI is InChI=1S/C20H23N7O3/c1-30-19-8-2-16(3-9-19)14-26-20(21-22-23-26)15-24-10-12-25(13-11-24)17-4-6-18(7-5-17)27(28)29/h2-9H,10-15H2,1H3/p+1. The van der Waals surface area contributed by atoms with Crippen LogP contribution in [0.15, 0.2) is 48.5 Å². The normalized spacial score (nSPS) is 14.6. The van der Waals surface area contributed by atoms with E-state index in [1.807, 2.05) is 41.1 Å². The van der Waals surface area contributed by atoms with Crippen LogP contribution in [0.3, 0.4) is 0 Å². The molecule has 10 nitrogen and oxygen atoms in total. The van der Waals surface area contributed by atoms with Crippen molar-refractivity contribution in [2.24, 2.45) is 0 Å². The van der Waals surface area contributed by atoms with E-state index in [0.29, 0.717) is 6.54 Å². The molecule has 10 heteroatoms. The van der Waals surface area contributed by atoms with Gasteiger partial charge in [0.2, 0.25) is 5.82 Å². The second kappa shape index (κ2) is 8.87. The number of tetrazole rings is 1. The van der Waals surface area contributed by atoms with E-state index in [1.54, 1.807) is 19.2 Å². The molecular formula is C20H24N7O3+. The lowest BCUT2D eigenvalue weighted by Gasteiger charge is -2.33. The van der Waals surface area contributed by atoms with Crippen LogP contribution in [0.4, 0.5) is 11.4 Å². The van der Waals surface area contributed by atoms with Gasteiger partial charge in [-0.3, -0.25) is 10.1 Å². The van der Waals surface area contributed by atoms with Crippen molar-refractivity contribution in [3.05, 3.63) is 70.0 Å². The molecule has 1 fully saturated rings. The molecule has 1 aliphatic heterocycles. The van der Waals surface area contributed by atoms with Gasteiger partial charge in [-0.1, -0.05) is 12.1 Å². The molecule has 1 N–H and O–H groups in total. The van der Waals surface area contributed by atoms with Gasteiger partial charge in [0.1, 0.15) is 12.3 Å². The highest BCUT2D eigenvalue weighted by Crippen LogP contribution is 2.19. The number of piperazine rings is 1. The lowest BCUT2D eigenvalue weighted by atomic mass is 10.2. The maximum atomic E-state index is 10.8. The van der Waals surface area contributed by atoms with Crippen molar-refractivity contribution in [3.63, 3.8) is 0 Å². The molecule has 1 aliphatic rings. The molecule has 2 heterocycles. The molecule has 156 valence electrons. The van der Waals surface area contributed by atoms with Crippen LogP contribution in [0, 0.1) is 10.1 Å². The average Bonchev–Trinajstić information content (AvgIpc) is 3.21. The number of ether oxygens (including phenoxy) is 1. The number of non-ortho nitro benzene ring substituents is 1. The van der Waals surface area contributed by atoms with E-state index in [2.05, 4.69) is 20.4 Å². The third-order valence-corrected chi connectivity index (χ3v) is 5.40. The van der Waals surface area contributed by atoms with Crippen LogP contribution >= 0.6 is 0 Å². The lowest BCUT2D eigenvalue weighted by molar-refractivity contribution is -0.915. The smallest absolute Gasteiger partial charge is 0.269 e. The highest BCUT2D eigenvalue weighted by atomic mass is 16.6. The van der Waals surface area contributed by atoms with Gasteiger partial charge in [-0.15, -0.1) is 5.10 Å². The summed E-state index contributed by atoms with van der Waals surface area (Å²) < 4.78 is 7.05. The summed E-state index contributed by atoms with van der Waals surface area (Å²) in [6.07, 6.45) is 0. The van der Waals surface area contributed by atoms with Crippen molar-refractivity contribution in [1.29, 1.82) is 0 Å². The monoisotopic (exact) mass is 410 g/mol. The summed E-state index contributed by atoms with van der Waals surface area (Å²) in [5.74, 6) is 1.69. The molecule has 1 aromatic heterocycles. The molecule has 0 bridgehead atoms. The molecule has 1 saturated heterocycles. The number of nitro benzene ring substituents is 1. The number of nitrogens with one attached hydrogen (secondary N) is 1. The van der Waals surface area contributed by atoms with Gasteiger partial charge in [-0.05, 0) is 40.3 Å². The van der Waals surface area contributed by atoms with Crippen LogP contribution in [0.5, 0.6) is 5.75 Å². The van der Waals surface area contributed by atoms with Crippen molar-refractivity contribution in [2.45, 2.75) is 13.1 Å². The highest BCUT2D eigenvalue weighted by Gasteiger charge is 2.23. The van der Waals surface area contributed by atoms with E-state index in [-0.39, 0.29) is 10.6 Å². The van der Waals surface area contributed by atoms with Crippen molar-refractivity contribution in [3.8, 4) is 5.75 Å². The molecule has 0 amide bonds. The Hall–Kier alpha value is -3.53. The number of hydrogen-bond acceptors (Lipinski definition) is 7. The molecule has 3 aromatic rings. The number of hydrogen-bond donors (Lipinski definition) is 1. The third-order valence-electron chi connectivity index (χ3n) is 5.40. The predicted molar refractivity (Wildman–Crippen MR) is 110 cm³/mol. The Kier molecular flexibility index (Phi) is 5.84. The van der Waals surface area contributed by atoms with Gasteiger partial charge in [-0.2, -0.15) is 0 Å². The first-order valence-electron chi connectivity index (χ1n) is 9.83. The zero-order chi connectivity index (χ0) is 20.9. The van der Waals surface area contributed by atoms with Crippen molar-refractivity contribution >= 4 is 11.4 Å². The van der Waals surface area contributed by atoms with E-state index in [9.17, 15) is 10.1 Å². The highest BCUT2D eigenvalue weighted by molar-refractivity contribution is 5.51. The maximum Gasteiger partial charge on any atom is 0.269 e.